The van der Waals surface area contributed by atoms with Crippen molar-refractivity contribution in [2.24, 2.45) is 0 Å². The predicted molar refractivity (Wildman–Crippen MR) is 39.1 cm³/mol. The van der Waals surface area contributed by atoms with E-state index in [2.05, 4.69) is 21.8 Å². The van der Waals surface area contributed by atoms with Gasteiger partial charge in [-0.05, 0) is 12.0 Å². The fraction of sp³-hybridized carbons (Fsp3) is 0.125. The smallest absolute Gasteiger partial charge is 0.204 e. The Kier molecular flexibility index (Phi) is 2.65. The molecule has 0 spiro atoms. The van der Waals surface area contributed by atoms with E-state index in [-0.39, 0.29) is 6.42 Å². The zero-order valence-corrected chi connectivity index (χ0v) is 5.78. The Morgan fingerprint density at radius 2 is 2.09 bits per heavy atom. The number of nitrogens with zero attached hydrogens (tertiary/aromatic N) is 3. The van der Waals surface area contributed by atoms with Crippen LogP contribution in [0.2, 0.25) is 0 Å². The molecule has 0 N–H and O–H groups in total. The first-order valence-corrected chi connectivity index (χ1v) is 3.06. The van der Waals surface area contributed by atoms with Gasteiger partial charge in [0.1, 0.15) is 0 Å². The highest BCUT2D eigenvalue weighted by atomic mass is 14.8. The van der Waals surface area contributed by atoms with Gasteiger partial charge in [-0.3, -0.25) is 0 Å². The first kappa shape index (κ1) is 7.24. The second kappa shape index (κ2) is 4.03. The van der Waals surface area contributed by atoms with Crippen LogP contribution in [-0.2, 0) is 0 Å². The van der Waals surface area contributed by atoms with E-state index in [1.165, 1.54) is 0 Å². The average molecular weight is 143 g/mol. The van der Waals surface area contributed by atoms with Gasteiger partial charge in [-0.2, -0.15) is 5.26 Å². The Hall–Kier alpha value is -1.87. The molecule has 0 radical (unpaired) electrons. The predicted octanol–water partition coefficient (Wildman–Crippen LogP) is 0.742. The Labute approximate surface area is 64.7 Å². The van der Waals surface area contributed by atoms with Crippen LogP contribution in [0.3, 0.4) is 0 Å². The van der Waals surface area contributed by atoms with Gasteiger partial charge in [0.15, 0.2) is 0 Å². The van der Waals surface area contributed by atoms with Gasteiger partial charge < -0.3 is 0 Å². The second-order valence-corrected chi connectivity index (χ2v) is 1.71. The van der Waals surface area contributed by atoms with E-state index >= 15 is 0 Å². The number of hydrogen-bond acceptors (Lipinski definition) is 3. The minimum atomic E-state index is 0.220. The van der Waals surface area contributed by atoms with Crippen molar-refractivity contribution in [2.75, 3.05) is 0 Å². The van der Waals surface area contributed by atoms with E-state index < -0.39 is 0 Å². The summed E-state index contributed by atoms with van der Waals surface area (Å²) in [5.41, 5.74) is 0. The summed E-state index contributed by atoms with van der Waals surface area (Å²) in [5, 5.41) is 8.15. The lowest BCUT2D eigenvalue weighted by Gasteiger charge is -1.82. The van der Waals surface area contributed by atoms with Gasteiger partial charge in [0.2, 0.25) is 5.82 Å². The molecular weight excluding hydrogens is 138 g/mol. The summed E-state index contributed by atoms with van der Waals surface area (Å²) in [6.07, 6.45) is 3.45. The van der Waals surface area contributed by atoms with Gasteiger partial charge in [0.25, 0.3) is 0 Å². The molecule has 0 bridgehead atoms. The zero-order chi connectivity index (χ0) is 7.94. The van der Waals surface area contributed by atoms with Crippen molar-refractivity contribution in [3.63, 3.8) is 0 Å². The molecule has 52 valence electrons. The van der Waals surface area contributed by atoms with Gasteiger partial charge in [0.05, 0.1) is 12.5 Å². The van der Waals surface area contributed by atoms with Gasteiger partial charge in [-0.25, -0.2) is 9.97 Å². The highest BCUT2D eigenvalue weighted by Gasteiger charge is 1.82. The summed E-state index contributed by atoms with van der Waals surface area (Å²) in [5.74, 6) is 5.73. The molecule has 1 aromatic heterocycles. The SMILES string of the molecule is N#CCC#Cc1ncccn1. The molecule has 0 aliphatic rings. The number of hydrogen-bond donors (Lipinski definition) is 0. The Morgan fingerprint density at radius 3 is 2.73 bits per heavy atom. The van der Waals surface area contributed by atoms with Crippen molar-refractivity contribution in [1.29, 1.82) is 5.26 Å². The Morgan fingerprint density at radius 1 is 1.36 bits per heavy atom. The Bertz CT molecular complexity index is 313. The van der Waals surface area contributed by atoms with E-state index in [0.717, 1.165) is 0 Å². The molecule has 0 aliphatic carbocycles. The Balaban J connectivity index is 2.68. The molecule has 0 atom stereocenters. The summed E-state index contributed by atoms with van der Waals surface area (Å²) in [4.78, 5) is 7.71. The third kappa shape index (κ3) is 2.47. The van der Waals surface area contributed by atoms with Crippen molar-refractivity contribution in [1.82, 2.24) is 9.97 Å². The normalized spacial score (nSPS) is 7.55. The van der Waals surface area contributed by atoms with Crippen molar-refractivity contribution in [3.05, 3.63) is 24.3 Å². The van der Waals surface area contributed by atoms with Crippen molar-refractivity contribution < 1.29 is 0 Å². The molecule has 3 nitrogen and oxygen atoms in total. The number of nitriles is 1. The lowest BCUT2D eigenvalue weighted by Crippen LogP contribution is -1.83. The summed E-state index contributed by atoms with van der Waals surface area (Å²) >= 11 is 0. The molecule has 0 fully saturated rings. The van der Waals surface area contributed by atoms with Crippen LogP contribution >= 0.6 is 0 Å². The van der Waals surface area contributed by atoms with Gasteiger partial charge in [-0.1, -0.05) is 5.92 Å². The first-order chi connectivity index (χ1) is 5.43. The summed E-state index contributed by atoms with van der Waals surface area (Å²) in [6, 6.07) is 3.63. The molecule has 0 saturated heterocycles. The molecule has 1 heterocycles. The van der Waals surface area contributed by atoms with Gasteiger partial charge in [-0.15, -0.1) is 0 Å². The maximum absolute atomic E-state index is 8.15. The second-order valence-electron chi connectivity index (χ2n) is 1.71. The first-order valence-electron chi connectivity index (χ1n) is 3.06. The fourth-order valence-corrected chi connectivity index (χ4v) is 0.526. The van der Waals surface area contributed by atoms with Crippen LogP contribution < -0.4 is 0 Å². The maximum Gasteiger partial charge on any atom is 0.204 e. The van der Waals surface area contributed by atoms with E-state index in [1.54, 1.807) is 18.5 Å². The molecule has 0 unspecified atom stereocenters. The monoisotopic (exact) mass is 143 g/mol. The summed E-state index contributed by atoms with van der Waals surface area (Å²) < 4.78 is 0. The maximum atomic E-state index is 8.15. The van der Waals surface area contributed by atoms with Crippen molar-refractivity contribution >= 4 is 0 Å². The summed E-state index contributed by atoms with van der Waals surface area (Å²) in [6.45, 7) is 0. The van der Waals surface area contributed by atoms with Gasteiger partial charge in [0, 0.05) is 12.4 Å². The third-order valence-corrected chi connectivity index (χ3v) is 0.933. The van der Waals surface area contributed by atoms with E-state index in [4.69, 9.17) is 5.26 Å². The molecule has 0 aliphatic heterocycles. The molecular formula is C8H5N3. The standard InChI is InChI=1S/C8H5N3/c9-5-2-1-4-8-10-6-3-7-11-8/h3,6-7H,2H2. The molecule has 11 heavy (non-hydrogen) atoms. The number of rotatable bonds is 0. The highest BCUT2D eigenvalue weighted by molar-refractivity contribution is 5.20. The topological polar surface area (TPSA) is 49.6 Å². The highest BCUT2D eigenvalue weighted by Crippen LogP contribution is 1.82. The lowest BCUT2D eigenvalue weighted by molar-refractivity contribution is 1.13. The minimum Gasteiger partial charge on any atom is -0.229 e. The molecule has 0 saturated carbocycles. The molecule has 1 aromatic rings. The average Bonchev–Trinajstić information content (AvgIpc) is 2.07. The van der Waals surface area contributed by atoms with Crippen LogP contribution in [0.25, 0.3) is 0 Å². The van der Waals surface area contributed by atoms with Crippen LogP contribution in [0.1, 0.15) is 12.2 Å². The molecule has 0 amide bonds. The zero-order valence-electron chi connectivity index (χ0n) is 5.78. The molecule has 0 aromatic carbocycles. The van der Waals surface area contributed by atoms with Crippen LogP contribution in [-0.4, -0.2) is 9.97 Å². The number of aromatic nitrogens is 2. The molecule has 1 rings (SSSR count). The lowest BCUT2D eigenvalue weighted by atomic mass is 10.4. The summed E-state index contributed by atoms with van der Waals surface area (Å²) in [7, 11) is 0. The van der Waals surface area contributed by atoms with E-state index in [9.17, 15) is 0 Å². The van der Waals surface area contributed by atoms with Crippen molar-refractivity contribution in [3.8, 4) is 17.9 Å². The van der Waals surface area contributed by atoms with E-state index in [1.807, 2.05) is 6.07 Å². The van der Waals surface area contributed by atoms with Crippen LogP contribution in [0.15, 0.2) is 18.5 Å². The quantitative estimate of drug-likeness (QED) is 0.503. The van der Waals surface area contributed by atoms with Gasteiger partial charge >= 0.3 is 0 Å². The largest absolute Gasteiger partial charge is 0.229 e. The third-order valence-electron chi connectivity index (χ3n) is 0.933. The minimum absolute atomic E-state index is 0.220. The van der Waals surface area contributed by atoms with Crippen LogP contribution in [0.4, 0.5) is 0 Å². The van der Waals surface area contributed by atoms with E-state index in [0.29, 0.717) is 5.82 Å². The molecule has 3 heteroatoms. The van der Waals surface area contributed by atoms with Crippen LogP contribution in [0, 0.1) is 23.2 Å². The van der Waals surface area contributed by atoms with Crippen molar-refractivity contribution in [2.45, 2.75) is 6.42 Å². The van der Waals surface area contributed by atoms with Crippen LogP contribution in [0.5, 0.6) is 0 Å². The fourth-order valence-electron chi connectivity index (χ4n) is 0.526.